The molecule has 0 aliphatic heterocycles. The fraction of sp³-hybridized carbons (Fsp3) is 0.357. The highest BCUT2D eigenvalue weighted by Crippen LogP contribution is 2.18. The van der Waals surface area contributed by atoms with Crippen LogP contribution < -0.4 is 5.32 Å². The molecular weight excluding hydrogens is 210 g/mol. The standard InChI is InChI=1S/C14H17N3/c1-2-4-14(5-3-1)17-11-12(10-16-17)8-9-15-13-6-7-13/h1-5,10-11,13,15H,6-9H2. The molecule has 1 N–H and O–H groups in total. The summed E-state index contributed by atoms with van der Waals surface area (Å²) in [7, 11) is 0. The molecule has 1 saturated carbocycles. The molecule has 88 valence electrons. The van der Waals surface area contributed by atoms with Gasteiger partial charge in [-0.3, -0.25) is 0 Å². The Bertz CT molecular complexity index is 471. The van der Waals surface area contributed by atoms with Crippen LogP contribution in [0.5, 0.6) is 0 Å². The average Bonchev–Trinajstić information content (AvgIpc) is 3.07. The van der Waals surface area contributed by atoms with E-state index in [9.17, 15) is 0 Å². The van der Waals surface area contributed by atoms with E-state index in [-0.39, 0.29) is 0 Å². The van der Waals surface area contributed by atoms with E-state index < -0.39 is 0 Å². The van der Waals surface area contributed by atoms with Crippen LogP contribution in [0.15, 0.2) is 42.7 Å². The number of para-hydroxylation sites is 1. The van der Waals surface area contributed by atoms with E-state index in [1.165, 1.54) is 18.4 Å². The van der Waals surface area contributed by atoms with Gasteiger partial charge in [-0.25, -0.2) is 4.68 Å². The second-order valence-corrected chi connectivity index (χ2v) is 4.61. The van der Waals surface area contributed by atoms with Crippen LogP contribution in [0, 0.1) is 0 Å². The number of hydrogen-bond donors (Lipinski definition) is 1. The third-order valence-corrected chi connectivity index (χ3v) is 3.08. The first-order valence-electron chi connectivity index (χ1n) is 6.24. The van der Waals surface area contributed by atoms with Crippen molar-refractivity contribution in [2.24, 2.45) is 0 Å². The second kappa shape index (κ2) is 4.72. The number of rotatable bonds is 5. The van der Waals surface area contributed by atoms with Crippen molar-refractivity contribution in [2.45, 2.75) is 25.3 Å². The molecule has 1 aliphatic carbocycles. The van der Waals surface area contributed by atoms with Gasteiger partial charge in [0.15, 0.2) is 0 Å². The lowest BCUT2D eigenvalue weighted by atomic mass is 10.2. The summed E-state index contributed by atoms with van der Waals surface area (Å²) in [6.45, 7) is 1.06. The van der Waals surface area contributed by atoms with Crippen molar-refractivity contribution in [2.75, 3.05) is 6.54 Å². The van der Waals surface area contributed by atoms with Crippen molar-refractivity contribution < 1.29 is 0 Å². The summed E-state index contributed by atoms with van der Waals surface area (Å²) in [6.07, 6.45) is 7.83. The summed E-state index contributed by atoms with van der Waals surface area (Å²) < 4.78 is 1.94. The molecular formula is C14H17N3. The number of hydrogen-bond acceptors (Lipinski definition) is 2. The van der Waals surface area contributed by atoms with Crippen LogP contribution in [-0.4, -0.2) is 22.4 Å². The number of aromatic nitrogens is 2. The molecule has 3 nitrogen and oxygen atoms in total. The number of nitrogens with one attached hydrogen (secondary N) is 1. The lowest BCUT2D eigenvalue weighted by Gasteiger charge is -2.00. The molecule has 3 heteroatoms. The largest absolute Gasteiger partial charge is 0.314 e. The molecule has 1 aromatic carbocycles. The van der Waals surface area contributed by atoms with Gasteiger partial charge >= 0.3 is 0 Å². The molecule has 1 aliphatic rings. The summed E-state index contributed by atoms with van der Waals surface area (Å²) in [5.41, 5.74) is 2.41. The molecule has 0 bridgehead atoms. The van der Waals surface area contributed by atoms with Gasteiger partial charge in [0.1, 0.15) is 0 Å². The SMILES string of the molecule is c1ccc(-n2cc(CCNC3CC3)cn2)cc1. The molecule has 1 aromatic heterocycles. The van der Waals surface area contributed by atoms with E-state index in [1.54, 1.807) is 0 Å². The Labute approximate surface area is 101 Å². The Morgan fingerprint density at radius 2 is 2.06 bits per heavy atom. The Morgan fingerprint density at radius 3 is 2.82 bits per heavy atom. The molecule has 3 rings (SSSR count). The molecule has 0 amide bonds. The topological polar surface area (TPSA) is 29.9 Å². The van der Waals surface area contributed by atoms with Gasteiger partial charge in [0.2, 0.25) is 0 Å². The summed E-state index contributed by atoms with van der Waals surface area (Å²) in [5.74, 6) is 0. The maximum absolute atomic E-state index is 4.39. The van der Waals surface area contributed by atoms with Crippen molar-refractivity contribution in [1.29, 1.82) is 0 Å². The Hall–Kier alpha value is -1.61. The van der Waals surface area contributed by atoms with Crippen molar-refractivity contribution in [3.63, 3.8) is 0 Å². The lowest BCUT2D eigenvalue weighted by Crippen LogP contribution is -2.18. The van der Waals surface area contributed by atoms with Gasteiger partial charge in [-0.15, -0.1) is 0 Å². The van der Waals surface area contributed by atoms with Gasteiger partial charge in [-0.05, 0) is 43.5 Å². The Balaban J connectivity index is 1.61. The minimum Gasteiger partial charge on any atom is -0.314 e. The molecule has 2 aromatic rings. The third-order valence-electron chi connectivity index (χ3n) is 3.08. The molecule has 0 spiro atoms. The van der Waals surface area contributed by atoms with E-state index in [1.807, 2.05) is 29.1 Å². The van der Waals surface area contributed by atoms with Crippen molar-refractivity contribution >= 4 is 0 Å². The molecule has 0 saturated heterocycles. The summed E-state index contributed by atoms with van der Waals surface area (Å²) >= 11 is 0. The van der Waals surface area contributed by atoms with Crippen LogP contribution in [0.3, 0.4) is 0 Å². The van der Waals surface area contributed by atoms with Gasteiger partial charge in [-0.1, -0.05) is 18.2 Å². The minimum absolute atomic E-state index is 0.791. The van der Waals surface area contributed by atoms with Crippen LogP contribution in [0.2, 0.25) is 0 Å². The first kappa shape index (κ1) is 10.5. The minimum atomic E-state index is 0.791. The first-order valence-corrected chi connectivity index (χ1v) is 6.24. The monoisotopic (exact) mass is 227 g/mol. The zero-order chi connectivity index (χ0) is 11.5. The molecule has 1 fully saturated rings. The lowest BCUT2D eigenvalue weighted by molar-refractivity contribution is 0.682. The van der Waals surface area contributed by atoms with Crippen molar-refractivity contribution in [3.8, 4) is 5.69 Å². The normalized spacial score (nSPS) is 15.1. The highest BCUT2D eigenvalue weighted by Gasteiger charge is 2.19. The summed E-state index contributed by atoms with van der Waals surface area (Å²) in [4.78, 5) is 0. The maximum atomic E-state index is 4.39. The Morgan fingerprint density at radius 1 is 1.24 bits per heavy atom. The zero-order valence-electron chi connectivity index (χ0n) is 9.84. The predicted molar refractivity (Wildman–Crippen MR) is 68.3 cm³/mol. The maximum Gasteiger partial charge on any atom is 0.0645 e. The molecule has 1 heterocycles. The van der Waals surface area contributed by atoms with E-state index in [0.717, 1.165) is 24.7 Å². The fourth-order valence-electron chi connectivity index (χ4n) is 1.92. The predicted octanol–water partition coefficient (Wildman–Crippen LogP) is 2.17. The molecule has 0 unspecified atom stereocenters. The first-order chi connectivity index (χ1) is 8.42. The smallest absolute Gasteiger partial charge is 0.0645 e. The molecule has 0 atom stereocenters. The third kappa shape index (κ3) is 2.74. The number of benzene rings is 1. The van der Waals surface area contributed by atoms with Crippen LogP contribution in [0.1, 0.15) is 18.4 Å². The fourth-order valence-corrected chi connectivity index (χ4v) is 1.92. The Kier molecular flexibility index (Phi) is 2.92. The number of nitrogens with zero attached hydrogens (tertiary/aromatic N) is 2. The van der Waals surface area contributed by atoms with Crippen LogP contribution in [0.4, 0.5) is 0 Å². The summed E-state index contributed by atoms with van der Waals surface area (Å²) in [5, 5.41) is 7.91. The van der Waals surface area contributed by atoms with E-state index in [0.29, 0.717) is 0 Å². The quantitative estimate of drug-likeness (QED) is 0.848. The second-order valence-electron chi connectivity index (χ2n) is 4.61. The van der Waals surface area contributed by atoms with Crippen LogP contribution >= 0.6 is 0 Å². The highest BCUT2D eigenvalue weighted by molar-refractivity contribution is 5.30. The van der Waals surface area contributed by atoms with Crippen LogP contribution in [0.25, 0.3) is 5.69 Å². The van der Waals surface area contributed by atoms with Crippen molar-refractivity contribution in [1.82, 2.24) is 15.1 Å². The van der Waals surface area contributed by atoms with Gasteiger partial charge in [0.05, 0.1) is 11.9 Å². The highest BCUT2D eigenvalue weighted by atomic mass is 15.3. The van der Waals surface area contributed by atoms with Gasteiger partial charge in [-0.2, -0.15) is 5.10 Å². The van der Waals surface area contributed by atoms with E-state index in [4.69, 9.17) is 0 Å². The van der Waals surface area contributed by atoms with E-state index in [2.05, 4.69) is 28.7 Å². The van der Waals surface area contributed by atoms with Gasteiger partial charge in [0, 0.05) is 12.2 Å². The van der Waals surface area contributed by atoms with Gasteiger partial charge < -0.3 is 5.32 Å². The summed E-state index contributed by atoms with van der Waals surface area (Å²) in [6, 6.07) is 11.0. The van der Waals surface area contributed by atoms with Crippen LogP contribution in [-0.2, 0) is 6.42 Å². The zero-order valence-corrected chi connectivity index (χ0v) is 9.84. The van der Waals surface area contributed by atoms with Gasteiger partial charge in [0.25, 0.3) is 0 Å². The molecule has 17 heavy (non-hydrogen) atoms. The van der Waals surface area contributed by atoms with Crippen molar-refractivity contribution in [3.05, 3.63) is 48.3 Å². The average molecular weight is 227 g/mol. The molecule has 0 radical (unpaired) electrons. The van der Waals surface area contributed by atoms with E-state index >= 15 is 0 Å².